The molecule has 0 aliphatic heterocycles. The average molecular weight is 553 g/mol. The van der Waals surface area contributed by atoms with Gasteiger partial charge in [0.1, 0.15) is 21.3 Å². The van der Waals surface area contributed by atoms with E-state index in [0.717, 1.165) is 0 Å². The summed E-state index contributed by atoms with van der Waals surface area (Å²) in [5, 5.41) is 5.17. The smallest absolute Gasteiger partial charge is 0.339 e. The Balaban J connectivity index is 1.43. The number of benzene rings is 4. The van der Waals surface area contributed by atoms with E-state index in [2.05, 4.69) is 10.6 Å². The molecule has 196 valence electrons. The number of hydrogen-bond donors (Lipinski definition) is 2. The molecule has 0 bridgehead atoms. The predicted molar refractivity (Wildman–Crippen MR) is 144 cm³/mol. The summed E-state index contributed by atoms with van der Waals surface area (Å²) >= 11 is 0. The first-order chi connectivity index (χ1) is 18.0. The van der Waals surface area contributed by atoms with E-state index in [1.54, 1.807) is 62.4 Å². The zero-order chi connectivity index (χ0) is 27.3. The van der Waals surface area contributed by atoms with Gasteiger partial charge in [0.05, 0.1) is 0 Å². The number of carbonyl (C=O) groups excluding carboxylic acids is 1. The Labute approximate surface area is 221 Å². The lowest BCUT2D eigenvalue weighted by Crippen LogP contribution is -2.19. The van der Waals surface area contributed by atoms with Gasteiger partial charge in [0.25, 0.3) is 0 Å². The monoisotopic (exact) mass is 552 g/mol. The maximum Gasteiger partial charge on any atom is 0.339 e. The predicted octanol–water partition coefficient (Wildman–Crippen LogP) is 5.48. The largest absolute Gasteiger partial charge is 0.379 e. The van der Waals surface area contributed by atoms with E-state index in [1.807, 2.05) is 0 Å². The molecule has 38 heavy (non-hydrogen) atoms. The highest BCUT2D eigenvalue weighted by molar-refractivity contribution is 7.87. The molecule has 0 spiro atoms. The molecule has 4 rings (SSSR count). The van der Waals surface area contributed by atoms with Gasteiger partial charge >= 0.3 is 26.3 Å². The number of aryl methyl sites for hydroxylation is 2. The van der Waals surface area contributed by atoms with Gasteiger partial charge in [-0.15, -0.1) is 0 Å². The van der Waals surface area contributed by atoms with Crippen molar-refractivity contribution in [3.8, 4) is 11.5 Å². The van der Waals surface area contributed by atoms with Gasteiger partial charge in [-0.25, -0.2) is 4.79 Å². The average Bonchev–Trinajstić information content (AvgIpc) is 2.84. The lowest BCUT2D eigenvalue weighted by molar-refractivity contribution is 0.262. The van der Waals surface area contributed by atoms with Crippen LogP contribution >= 0.6 is 0 Å². The Morgan fingerprint density at radius 3 is 1.37 bits per heavy atom. The van der Waals surface area contributed by atoms with E-state index in [0.29, 0.717) is 11.1 Å². The molecule has 0 saturated carbocycles. The fourth-order valence-corrected chi connectivity index (χ4v) is 5.87. The van der Waals surface area contributed by atoms with E-state index in [9.17, 15) is 21.6 Å². The van der Waals surface area contributed by atoms with E-state index in [4.69, 9.17) is 8.37 Å². The molecular weight excluding hydrogens is 528 g/mol. The molecule has 9 nitrogen and oxygen atoms in total. The lowest BCUT2D eigenvalue weighted by atomic mass is 10.2. The third kappa shape index (κ3) is 6.50. The van der Waals surface area contributed by atoms with Crippen LogP contribution in [-0.2, 0) is 20.2 Å². The van der Waals surface area contributed by atoms with Crippen molar-refractivity contribution in [1.82, 2.24) is 0 Å². The number of carbonyl (C=O) groups is 1. The van der Waals surface area contributed by atoms with Gasteiger partial charge in [0.2, 0.25) is 0 Å². The fraction of sp³-hybridized carbons (Fsp3) is 0.0741. The minimum atomic E-state index is -4.07. The maximum atomic E-state index is 12.7. The summed E-state index contributed by atoms with van der Waals surface area (Å²) in [6.07, 6.45) is 0. The first kappa shape index (κ1) is 26.7. The Morgan fingerprint density at radius 1 is 0.579 bits per heavy atom. The highest BCUT2D eigenvalue weighted by atomic mass is 32.2. The standard InChI is InChI=1S/C27H24N2O7S2/c1-19-9-3-5-15-25(19)37(31,32)35-23-13-7-11-21(17-23)28-27(30)29-22-12-8-14-24(18-22)36-38(33,34)26-16-6-4-10-20(26)2/h3-18H,1-2H3,(H2,28,29,30). The quantitative estimate of drug-likeness (QED) is 0.277. The van der Waals surface area contributed by atoms with Crippen LogP contribution in [0, 0.1) is 13.8 Å². The van der Waals surface area contributed by atoms with Crippen molar-refractivity contribution in [3.05, 3.63) is 108 Å². The molecule has 0 unspecified atom stereocenters. The first-order valence-electron chi connectivity index (χ1n) is 11.3. The lowest BCUT2D eigenvalue weighted by Gasteiger charge is -2.12. The van der Waals surface area contributed by atoms with Crippen molar-refractivity contribution in [2.75, 3.05) is 10.6 Å². The maximum absolute atomic E-state index is 12.7. The summed E-state index contributed by atoms with van der Waals surface area (Å²) in [5.74, 6) is 0.0331. The Kier molecular flexibility index (Phi) is 7.70. The molecule has 2 amide bonds. The summed E-state index contributed by atoms with van der Waals surface area (Å²) in [6, 6.07) is 24.0. The molecule has 0 aromatic heterocycles. The second kappa shape index (κ2) is 11.0. The third-order valence-corrected chi connectivity index (χ3v) is 8.14. The summed E-state index contributed by atoms with van der Waals surface area (Å²) in [4.78, 5) is 12.7. The highest BCUT2D eigenvalue weighted by Gasteiger charge is 2.20. The van der Waals surface area contributed by atoms with Gasteiger partial charge in [-0.3, -0.25) is 0 Å². The van der Waals surface area contributed by atoms with Gasteiger partial charge in [-0.1, -0.05) is 48.5 Å². The van der Waals surface area contributed by atoms with Crippen LogP contribution in [-0.4, -0.2) is 22.9 Å². The molecule has 0 aliphatic carbocycles. The second-order valence-electron chi connectivity index (χ2n) is 8.24. The van der Waals surface area contributed by atoms with E-state index in [1.165, 1.54) is 48.5 Å². The molecule has 0 fully saturated rings. The molecule has 11 heteroatoms. The first-order valence-corrected chi connectivity index (χ1v) is 14.1. The van der Waals surface area contributed by atoms with Crippen molar-refractivity contribution >= 4 is 37.6 Å². The summed E-state index contributed by atoms with van der Waals surface area (Å²) in [7, 11) is -8.14. The van der Waals surface area contributed by atoms with Crippen LogP contribution in [0.2, 0.25) is 0 Å². The SMILES string of the molecule is Cc1ccccc1S(=O)(=O)Oc1cccc(NC(=O)Nc2cccc(OS(=O)(=O)c3ccccc3C)c2)c1. The van der Waals surface area contributed by atoms with Crippen molar-refractivity contribution in [3.63, 3.8) is 0 Å². The molecule has 0 heterocycles. The van der Waals surface area contributed by atoms with Crippen LogP contribution in [0.3, 0.4) is 0 Å². The molecule has 4 aromatic carbocycles. The fourth-order valence-electron chi connectivity index (χ4n) is 3.56. The zero-order valence-corrected chi connectivity index (χ0v) is 22.0. The van der Waals surface area contributed by atoms with Gasteiger partial charge in [0.15, 0.2) is 0 Å². The topological polar surface area (TPSA) is 128 Å². The van der Waals surface area contributed by atoms with Crippen molar-refractivity contribution in [2.24, 2.45) is 0 Å². The third-order valence-electron chi connectivity index (χ3n) is 5.32. The molecule has 0 radical (unpaired) electrons. The molecule has 0 saturated heterocycles. The Morgan fingerprint density at radius 2 is 0.974 bits per heavy atom. The summed E-state index contributed by atoms with van der Waals surface area (Å²) in [6.45, 7) is 3.33. The molecule has 0 atom stereocenters. The normalized spacial score (nSPS) is 11.4. The number of hydrogen-bond acceptors (Lipinski definition) is 7. The van der Waals surface area contributed by atoms with Crippen molar-refractivity contribution in [1.29, 1.82) is 0 Å². The molecule has 2 N–H and O–H groups in total. The number of anilines is 2. The van der Waals surface area contributed by atoms with E-state index < -0.39 is 26.3 Å². The zero-order valence-electron chi connectivity index (χ0n) is 20.4. The van der Waals surface area contributed by atoms with Crippen LogP contribution in [0.15, 0.2) is 107 Å². The second-order valence-corrected chi connectivity index (χ2v) is 11.3. The minimum Gasteiger partial charge on any atom is -0.379 e. The number of nitrogens with one attached hydrogen (secondary N) is 2. The molecular formula is C27H24N2O7S2. The van der Waals surface area contributed by atoms with E-state index in [-0.39, 0.29) is 32.7 Å². The highest BCUT2D eigenvalue weighted by Crippen LogP contribution is 2.25. The Hall–Kier alpha value is -4.35. The van der Waals surface area contributed by atoms with Crippen LogP contribution < -0.4 is 19.0 Å². The van der Waals surface area contributed by atoms with Gasteiger partial charge in [0, 0.05) is 23.5 Å². The number of amides is 2. The molecule has 0 aliphatic rings. The number of rotatable bonds is 8. The van der Waals surface area contributed by atoms with Crippen LogP contribution in [0.1, 0.15) is 11.1 Å². The van der Waals surface area contributed by atoms with Crippen LogP contribution in [0.25, 0.3) is 0 Å². The van der Waals surface area contributed by atoms with Crippen LogP contribution in [0.4, 0.5) is 16.2 Å². The van der Waals surface area contributed by atoms with Gasteiger partial charge < -0.3 is 19.0 Å². The Bertz CT molecular complexity index is 1580. The van der Waals surface area contributed by atoms with Crippen LogP contribution in [0.5, 0.6) is 11.5 Å². The summed E-state index contributed by atoms with van der Waals surface area (Å²) < 4.78 is 61.1. The van der Waals surface area contributed by atoms with Gasteiger partial charge in [-0.05, 0) is 61.4 Å². The minimum absolute atomic E-state index is 0.0165. The summed E-state index contributed by atoms with van der Waals surface area (Å²) in [5.41, 5.74) is 1.63. The molecule has 4 aromatic rings. The van der Waals surface area contributed by atoms with Crippen molar-refractivity contribution in [2.45, 2.75) is 23.6 Å². The van der Waals surface area contributed by atoms with E-state index >= 15 is 0 Å². The van der Waals surface area contributed by atoms with Crippen molar-refractivity contribution < 1.29 is 30.0 Å². The number of urea groups is 1. The van der Waals surface area contributed by atoms with Gasteiger partial charge in [-0.2, -0.15) is 16.8 Å².